The van der Waals surface area contributed by atoms with Crippen molar-refractivity contribution in [2.45, 2.75) is 57.3 Å². The predicted octanol–water partition coefficient (Wildman–Crippen LogP) is 2.35. The standard InChI is InChI=1S/C16H25NO2/c18-12-15-7-5-6-14(10-15)11-17-13-16(19)8-3-1-2-4-9-16/h5-7,10,17-19H,1-4,8-9,11-13H2. The Balaban J connectivity index is 1.81. The third-order valence-electron chi connectivity index (χ3n) is 3.99. The average Bonchev–Trinajstić information content (AvgIpc) is 2.64. The van der Waals surface area contributed by atoms with Crippen LogP contribution in [0.1, 0.15) is 49.7 Å². The van der Waals surface area contributed by atoms with Crippen LogP contribution in [0.5, 0.6) is 0 Å². The van der Waals surface area contributed by atoms with Gasteiger partial charge in [0.1, 0.15) is 0 Å². The van der Waals surface area contributed by atoms with Gasteiger partial charge in [0.05, 0.1) is 12.2 Å². The molecule has 2 rings (SSSR count). The van der Waals surface area contributed by atoms with Crippen molar-refractivity contribution in [3.63, 3.8) is 0 Å². The van der Waals surface area contributed by atoms with Crippen LogP contribution in [0.2, 0.25) is 0 Å². The summed E-state index contributed by atoms with van der Waals surface area (Å²) >= 11 is 0. The maximum absolute atomic E-state index is 10.5. The fourth-order valence-corrected chi connectivity index (χ4v) is 2.84. The number of nitrogens with one attached hydrogen (secondary N) is 1. The molecule has 0 saturated heterocycles. The lowest BCUT2D eigenvalue weighted by molar-refractivity contribution is 0.0250. The van der Waals surface area contributed by atoms with Crippen LogP contribution in [-0.4, -0.2) is 22.4 Å². The van der Waals surface area contributed by atoms with Gasteiger partial charge >= 0.3 is 0 Å². The van der Waals surface area contributed by atoms with Crippen molar-refractivity contribution in [1.29, 1.82) is 0 Å². The molecule has 1 aliphatic carbocycles. The van der Waals surface area contributed by atoms with E-state index < -0.39 is 5.60 Å². The SMILES string of the molecule is OCc1cccc(CNCC2(O)CCCCCC2)c1. The molecule has 1 fully saturated rings. The minimum atomic E-state index is -0.523. The number of hydrogen-bond acceptors (Lipinski definition) is 3. The molecule has 1 saturated carbocycles. The highest BCUT2D eigenvalue weighted by Gasteiger charge is 2.27. The summed E-state index contributed by atoms with van der Waals surface area (Å²) in [6.07, 6.45) is 6.60. The van der Waals surface area contributed by atoms with Crippen LogP contribution in [0, 0.1) is 0 Å². The second-order valence-electron chi connectivity index (χ2n) is 5.72. The van der Waals surface area contributed by atoms with Crippen molar-refractivity contribution in [2.75, 3.05) is 6.54 Å². The van der Waals surface area contributed by atoms with Gasteiger partial charge in [-0.2, -0.15) is 0 Å². The Labute approximate surface area is 115 Å². The monoisotopic (exact) mass is 263 g/mol. The summed E-state index contributed by atoms with van der Waals surface area (Å²) in [5, 5.41) is 23.0. The van der Waals surface area contributed by atoms with Crippen molar-refractivity contribution in [3.8, 4) is 0 Å². The van der Waals surface area contributed by atoms with E-state index in [9.17, 15) is 5.11 Å². The first-order valence-electron chi connectivity index (χ1n) is 7.34. The first kappa shape index (κ1) is 14.5. The van der Waals surface area contributed by atoms with Gasteiger partial charge in [0, 0.05) is 13.1 Å². The molecule has 19 heavy (non-hydrogen) atoms. The van der Waals surface area contributed by atoms with Crippen molar-refractivity contribution < 1.29 is 10.2 Å². The van der Waals surface area contributed by atoms with Gasteiger partial charge in [-0.25, -0.2) is 0 Å². The summed E-state index contributed by atoms with van der Waals surface area (Å²) in [5.41, 5.74) is 1.57. The molecule has 0 aliphatic heterocycles. The van der Waals surface area contributed by atoms with Crippen LogP contribution in [-0.2, 0) is 13.2 Å². The first-order chi connectivity index (χ1) is 9.22. The lowest BCUT2D eigenvalue weighted by atomic mass is 9.94. The molecule has 3 N–H and O–H groups in total. The van der Waals surface area contributed by atoms with Crippen molar-refractivity contribution in [3.05, 3.63) is 35.4 Å². The normalized spacial score (nSPS) is 19.1. The largest absolute Gasteiger partial charge is 0.392 e. The molecule has 3 heteroatoms. The van der Waals surface area contributed by atoms with Gasteiger partial charge in [0.25, 0.3) is 0 Å². The minimum absolute atomic E-state index is 0.0811. The van der Waals surface area contributed by atoms with Gasteiger partial charge in [-0.15, -0.1) is 0 Å². The molecule has 0 atom stereocenters. The van der Waals surface area contributed by atoms with E-state index in [0.29, 0.717) is 6.54 Å². The summed E-state index contributed by atoms with van der Waals surface area (Å²) < 4.78 is 0. The molecule has 1 aliphatic rings. The van der Waals surface area contributed by atoms with Gasteiger partial charge in [0.2, 0.25) is 0 Å². The molecule has 0 bridgehead atoms. The molecule has 0 heterocycles. The van der Waals surface area contributed by atoms with Crippen LogP contribution >= 0.6 is 0 Å². The Hall–Kier alpha value is -0.900. The van der Waals surface area contributed by atoms with Gasteiger partial charge in [-0.05, 0) is 24.0 Å². The van der Waals surface area contributed by atoms with Crippen molar-refractivity contribution >= 4 is 0 Å². The van der Waals surface area contributed by atoms with Crippen molar-refractivity contribution in [1.82, 2.24) is 5.32 Å². The molecule has 1 aromatic rings. The van der Waals surface area contributed by atoms with Gasteiger partial charge < -0.3 is 15.5 Å². The number of rotatable bonds is 5. The Morgan fingerprint density at radius 1 is 1.05 bits per heavy atom. The summed E-state index contributed by atoms with van der Waals surface area (Å²) in [4.78, 5) is 0. The lowest BCUT2D eigenvalue weighted by Gasteiger charge is -2.27. The Bertz CT molecular complexity index is 384. The first-order valence-corrected chi connectivity index (χ1v) is 7.34. The van der Waals surface area contributed by atoms with Gasteiger partial charge in [-0.1, -0.05) is 49.9 Å². The summed E-state index contributed by atoms with van der Waals surface area (Å²) in [5.74, 6) is 0. The molecule has 0 spiro atoms. The van der Waals surface area contributed by atoms with Gasteiger partial charge in [0.15, 0.2) is 0 Å². The van der Waals surface area contributed by atoms with E-state index in [2.05, 4.69) is 5.32 Å². The summed E-state index contributed by atoms with van der Waals surface area (Å²) in [6, 6.07) is 7.93. The zero-order valence-corrected chi connectivity index (χ0v) is 11.6. The maximum atomic E-state index is 10.5. The smallest absolute Gasteiger partial charge is 0.0771 e. The summed E-state index contributed by atoms with van der Waals surface area (Å²) in [6.45, 7) is 1.49. The highest BCUT2D eigenvalue weighted by atomic mass is 16.3. The number of benzene rings is 1. The predicted molar refractivity (Wildman–Crippen MR) is 76.7 cm³/mol. The average molecular weight is 263 g/mol. The molecule has 1 aromatic carbocycles. The van der Waals surface area contributed by atoms with Crippen LogP contribution < -0.4 is 5.32 Å². The quantitative estimate of drug-likeness (QED) is 0.715. The molecule has 106 valence electrons. The second-order valence-corrected chi connectivity index (χ2v) is 5.72. The molecule has 0 radical (unpaired) electrons. The fraction of sp³-hybridized carbons (Fsp3) is 0.625. The Morgan fingerprint density at radius 3 is 2.42 bits per heavy atom. The van der Waals surface area contributed by atoms with E-state index in [1.807, 2.05) is 24.3 Å². The summed E-state index contributed by atoms with van der Waals surface area (Å²) in [7, 11) is 0. The number of aliphatic hydroxyl groups excluding tert-OH is 1. The highest BCUT2D eigenvalue weighted by Crippen LogP contribution is 2.26. The van der Waals surface area contributed by atoms with E-state index in [1.54, 1.807) is 0 Å². The Kier molecular flexibility index (Phi) is 5.37. The number of aliphatic hydroxyl groups is 2. The zero-order valence-electron chi connectivity index (χ0n) is 11.6. The van der Waals surface area contributed by atoms with Gasteiger partial charge in [-0.3, -0.25) is 0 Å². The zero-order chi connectivity index (χ0) is 13.6. The molecular weight excluding hydrogens is 238 g/mol. The van der Waals surface area contributed by atoms with Crippen LogP contribution in [0.25, 0.3) is 0 Å². The third kappa shape index (κ3) is 4.60. The van der Waals surface area contributed by atoms with Crippen molar-refractivity contribution in [2.24, 2.45) is 0 Å². The molecule has 0 amide bonds. The number of hydrogen-bond donors (Lipinski definition) is 3. The van der Waals surface area contributed by atoms with E-state index in [1.165, 1.54) is 12.8 Å². The molecule has 3 nitrogen and oxygen atoms in total. The third-order valence-corrected chi connectivity index (χ3v) is 3.99. The highest BCUT2D eigenvalue weighted by molar-refractivity contribution is 5.22. The van der Waals surface area contributed by atoms with E-state index in [-0.39, 0.29) is 6.61 Å². The molecule has 0 unspecified atom stereocenters. The Morgan fingerprint density at radius 2 is 1.74 bits per heavy atom. The maximum Gasteiger partial charge on any atom is 0.0771 e. The van der Waals surface area contributed by atoms with Crippen LogP contribution in [0.3, 0.4) is 0 Å². The second kappa shape index (κ2) is 7.04. The van der Waals surface area contributed by atoms with Crippen LogP contribution in [0.4, 0.5) is 0 Å². The molecular formula is C16H25NO2. The van der Waals surface area contributed by atoms with Crippen LogP contribution in [0.15, 0.2) is 24.3 Å². The molecule has 0 aromatic heterocycles. The minimum Gasteiger partial charge on any atom is -0.392 e. The fourth-order valence-electron chi connectivity index (χ4n) is 2.84. The van der Waals surface area contributed by atoms with E-state index in [0.717, 1.165) is 43.4 Å². The van der Waals surface area contributed by atoms with E-state index >= 15 is 0 Å². The lowest BCUT2D eigenvalue weighted by Crippen LogP contribution is -2.39. The van der Waals surface area contributed by atoms with E-state index in [4.69, 9.17) is 5.11 Å². The topological polar surface area (TPSA) is 52.5 Å².